The third-order valence-electron chi connectivity index (χ3n) is 5.17. The number of rotatable bonds is 7. The maximum absolute atomic E-state index is 14.1. The lowest BCUT2D eigenvalue weighted by molar-refractivity contribution is -0.119. The summed E-state index contributed by atoms with van der Waals surface area (Å²) in [6.45, 7) is 3.84. The minimum atomic E-state index is -0.543. The predicted molar refractivity (Wildman–Crippen MR) is 128 cm³/mol. The van der Waals surface area contributed by atoms with Gasteiger partial charge in [0, 0.05) is 22.7 Å². The molecule has 0 aliphatic carbocycles. The van der Waals surface area contributed by atoms with E-state index in [2.05, 4.69) is 15.3 Å². The number of hydrogen-bond donors (Lipinski definition) is 1. The average Bonchev–Trinajstić information content (AvgIpc) is 3.15. The van der Waals surface area contributed by atoms with Crippen LogP contribution in [0.4, 0.5) is 10.1 Å². The molecule has 0 unspecified atom stereocenters. The Labute approximate surface area is 195 Å². The van der Waals surface area contributed by atoms with E-state index in [-0.39, 0.29) is 11.7 Å². The smallest absolute Gasteiger partial charge is 0.247 e. The largest absolute Gasteiger partial charge is 0.324 e. The fraction of sp³-hybridized carbons (Fsp3) is 0.208. The molecule has 164 valence electrons. The van der Waals surface area contributed by atoms with Crippen LogP contribution in [0.1, 0.15) is 30.5 Å². The molecule has 0 spiro atoms. The van der Waals surface area contributed by atoms with Crippen molar-refractivity contribution in [3.8, 4) is 0 Å². The fourth-order valence-electron chi connectivity index (χ4n) is 3.43. The molecule has 8 heteroatoms. The number of hydrogen-bond acceptors (Lipinski definition) is 4. The quantitative estimate of drug-likeness (QED) is 0.318. The van der Waals surface area contributed by atoms with E-state index in [1.807, 2.05) is 36.6 Å². The minimum absolute atomic E-state index is 0.190. The lowest BCUT2D eigenvalue weighted by Gasteiger charge is -2.19. The summed E-state index contributed by atoms with van der Waals surface area (Å²) in [6, 6.07) is 15.2. The number of amides is 1. The molecule has 0 saturated carbocycles. The van der Waals surface area contributed by atoms with Crippen molar-refractivity contribution >= 4 is 46.1 Å². The van der Waals surface area contributed by atoms with E-state index in [1.54, 1.807) is 36.5 Å². The van der Waals surface area contributed by atoms with E-state index in [4.69, 9.17) is 11.6 Å². The van der Waals surface area contributed by atoms with Gasteiger partial charge in [0.15, 0.2) is 10.8 Å². The fourth-order valence-corrected chi connectivity index (χ4v) is 4.65. The number of nitrogens with zero attached hydrogens (tertiary/aromatic N) is 3. The monoisotopic (exact) mass is 468 g/mol. The van der Waals surface area contributed by atoms with Crippen molar-refractivity contribution in [2.24, 2.45) is 0 Å². The number of nitrogens with one attached hydrogen (secondary N) is 1. The van der Waals surface area contributed by atoms with Crippen molar-refractivity contribution in [3.63, 3.8) is 0 Å². The Morgan fingerprint density at radius 2 is 2.03 bits per heavy atom. The third kappa shape index (κ3) is 4.64. The Balaban J connectivity index is 1.67. The second-order valence-electron chi connectivity index (χ2n) is 7.37. The number of benzene rings is 2. The first kappa shape index (κ1) is 22.3. The van der Waals surface area contributed by atoms with Gasteiger partial charge >= 0.3 is 0 Å². The topological polar surface area (TPSA) is 59.8 Å². The van der Waals surface area contributed by atoms with Gasteiger partial charge in [0.05, 0.1) is 0 Å². The van der Waals surface area contributed by atoms with Crippen LogP contribution in [0.5, 0.6) is 0 Å². The maximum atomic E-state index is 14.1. The van der Waals surface area contributed by atoms with Gasteiger partial charge < -0.3 is 5.32 Å². The Bertz CT molecular complexity index is 1280. The lowest BCUT2D eigenvalue weighted by atomic mass is 10.2. The highest BCUT2D eigenvalue weighted by molar-refractivity contribution is 7.98. The summed E-state index contributed by atoms with van der Waals surface area (Å²) in [7, 11) is 0. The molecule has 0 aliphatic rings. The number of carbonyl (C=O) groups excluding carboxylic acids is 1. The molecule has 2 aromatic carbocycles. The summed E-state index contributed by atoms with van der Waals surface area (Å²) in [5.41, 5.74) is 3.45. The molecule has 0 fully saturated rings. The molecule has 1 N–H and O–H groups in total. The van der Waals surface area contributed by atoms with Gasteiger partial charge in [-0.05, 0) is 54.8 Å². The number of aryl methyl sites for hydroxylation is 1. The van der Waals surface area contributed by atoms with Crippen LogP contribution in [-0.4, -0.2) is 20.4 Å². The summed E-state index contributed by atoms with van der Waals surface area (Å²) in [5.74, 6) is -0.0614. The molecule has 32 heavy (non-hydrogen) atoms. The highest BCUT2D eigenvalue weighted by atomic mass is 35.5. The average molecular weight is 469 g/mol. The van der Waals surface area contributed by atoms with Gasteiger partial charge in [-0.2, -0.15) is 0 Å². The van der Waals surface area contributed by atoms with Gasteiger partial charge in [-0.1, -0.05) is 54.6 Å². The van der Waals surface area contributed by atoms with Crippen molar-refractivity contribution < 1.29 is 9.18 Å². The van der Waals surface area contributed by atoms with Crippen LogP contribution in [0.3, 0.4) is 0 Å². The Kier molecular flexibility index (Phi) is 6.77. The SMILES string of the molecule is CC[C@@H](C(=O)Nc1ccc(C)c(Cl)c1)n1c(SCc2ccccc2F)nc2cccnc21. The number of thioether (sulfide) groups is 1. The number of imidazole rings is 1. The standard InChI is InChI=1S/C24H22ClFN4OS/c1-3-21(23(31)28-17-11-10-15(2)18(25)13-17)30-22-20(9-6-12-27-22)29-24(30)32-14-16-7-4-5-8-19(16)26/h4-13,21H,3,14H2,1-2H3,(H,28,31)/t21-/m0/s1. The molecule has 4 rings (SSSR count). The molecular weight excluding hydrogens is 447 g/mol. The van der Waals surface area contributed by atoms with Crippen LogP contribution >= 0.6 is 23.4 Å². The molecule has 0 bridgehead atoms. The highest BCUT2D eigenvalue weighted by Gasteiger charge is 2.25. The Hall–Kier alpha value is -2.90. The Morgan fingerprint density at radius 3 is 2.78 bits per heavy atom. The van der Waals surface area contributed by atoms with Crippen LogP contribution in [0.2, 0.25) is 5.02 Å². The van der Waals surface area contributed by atoms with Crippen LogP contribution < -0.4 is 5.32 Å². The third-order valence-corrected chi connectivity index (χ3v) is 6.58. The zero-order chi connectivity index (χ0) is 22.7. The van der Waals surface area contributed by atoms with Crippen molar-refractivity contribution in [3.05, 3.63) is 82.8 Å². The summed E-state index contributed by atoms with van der Waals surface area (Å²) in [6.07, 6.45) is 2.21. The lowest BCUT2D eigenvalue weighted by Crippen LogP contribution is -2.26. The minimum Gasteiger partial charge on any atom is -0.324 e. The van der Waals surface area contributed by atoms with Crippen LogP contribution in [0.15, 0.2) is 66.0 Å². The molecule has 4 aromatic rings. The van der Waals surface area contributed by atoms with E-state index >= 15 is 0 Å². The van der Waals surface area contributed by atoms with E-state index < -0.39 is 6.04 Å². The van der Waals surface area contributed by atoms with Gasteiger partial charge in [0.1, 0.15) is 17.4 Å². The Morgan fingerprint density at radius 1 is 1.22 bits per heavy atom. The van der Waals surface area contributed by atoms with Gasteiger partial charge in [0.2, 0.25) is 5.91 Å². The van der Waals surface area contributed by atoms with Gasteiger partial charge in [-0.25, -0.2) is 14.4 Å². The molecular formula is C24H22ClFN4OS. The molecule has 2 heterocycles. The van der Waals surface area contributed by atoms with Crippen LogP contribution in [0, 0.1) is 12.7 Å². The van der Waals surface area contributed by atoms with E-state index in [0.717, 1.165) is 5.56 Å². The molecule has 2 aromatic heterocycles. The first-order valence-electron chi connectivity index (χ1n) is 10.2. The number of halogens is 2. The second kappa shape index (κ2) is 9.71. The maximum Gasteiger partial charge on any atom is 0.247 e. The van der Waals surface area contributed by atoms with Crippen LogP contribution in [-0.2, 0) is 10.5 Å². The van der Waals surface area contributed by atoms with Gasteiger partial charge in [-0.3, -0.25) is 9.36 Å². The second-order valence-corrected chi connectivity index (χ2v) is 8.72. The zero-order valence-electron chi connectivity index (χ0n) is 17.7. The number of carbonyl (C=O) groups is 1. The van der Waals surface area contributed by atoms with Crippen LogP contribution in [0.25, 0.3) is 11.2 Å². The normalized spacial score (nSPS) is 12.1. The van der Waals surface area contributed by atoms with E-state index in [1.165, 1.54) is 17.8 Å². The number of aromatic nitrogens is 3. The van der Waals surface area contributed by atoms with Crippen molar-refractivity contribution in [1.29, 1.82) is 0 Å². The molecule has 1 amide bonds. The number of anilines is 1. The van der Waals surface area contributed by atoms with Gasteiger partial charge in [-0.15, -0.1) is 0 Å². The molecule has 1 atom stereocenters. The first-order valence-corrected chi connectivity index (χ1v) is 11.6. The van der Waals surface area contributed by atoms with Crippen molar-refractivity contribution in [2.75, 3.05) is 5.32 Å². The van der Waals surface area contributed by atoms with E-state index in [9.17, 15) is 9.18 Å². The summed E-state index contributed by atoms with van der Waals surface area (Å²) in [5, 5.41) is 4.16. The number of pyridine rings is 1. The van der Waals surface area contributed by atoms with Gasteiger partial charge in [0.25, 0.3) is 0 Å². The molecule has 0 radical (unpaired) electrons. The summed E-state index contributed by atoms with van der Waals surface area (Å²) >= 11 is 7.60. The van der Waals surface area contributed by atoms with Crippen molar-refractivity contribution in [1.82, 2.24) is 14.5 Å². The zero-order valence-corrected chi connectivity index (χ0v) is 19.3. The predicted octanol–water partition coefficient (Wildman–Crippen LogP) is 6.41. The summed E-state index contributed by atoms with van der Waals surface area (Å²) < 4.78 is 16.0. The molecule has 0 saturated heterocycles. The van der Waals surface area contributed by atoms with Crippen molar-refractivity contribution in [2.45, 2.75) is 37.2 Å². The molecule has 5 nitrogen and oxygen atoms in total. The first-order chi connectivity index (χ1) is 15.5. The number of fused-ring (bicyclic) bond motifs is 1. The summed E-state index contributed by atoms with van der Waals surface area (Å²) in [4.78, 5) is 22.4. The van der Waals surface area contributed by atoms with E-state index in [0.29, 0.717) is 44.8 Å². The highest BCUT2D eigenvalue weighted by Crippen LogP contribution is 2.31. The molecule has 0 aliphatic heterocycles.